The molecular weight excluding hydrogens is 572 g/mol. The number of halogens is 1. The highest BCUT2D eigenvalue weighted by Crippen LogP contribution is 2.22. The highest BCUT2D eigenvalue weighted by atomic mass is 35.5. The predicted molar refractivity (Wildman–Crippen MR) is 155 cm³/mol. The summed E-state index contributed by atoms with van der Waals surface area (Å²) in [7, 11) is 0. The molecule has 1 rings (SSSR count). The van der Waals surface area contributed by atoms with Crippen LogP contribution in [0.25, 0.3) is 0 Å². The summed E-state index contributed by atoms with van der Waals surface area (Å²) in [5, 5.41) is 4.48. The topological polar surface area (TPSA) is 153 Å². The van der Waals surface area contributed by atoms with Crippen molar-refractivity contribution in [1.82, 2.24) is 15.4 Å². The molecule has 0 unspecified atom stereocenters. The van der Waals surface area contributed by atoms with Crippen molar-refractivity contribution in [1.29, 1.82) is 0 Å². The van der Waals surface area contributed by atoms with Gasteiger partial charge in [0.05, 0.1) is 0 Å². The van der Waals surface area contributed by atoms with Crippen molar-refractivity contribution in [2.45, 2.75) is 105 Å². The first-order chi connectivity index (χ1) is 18.8. The highest BCUT2D eigenvalue weighted by molar-refractivity contribution is 6.47. The van der Waals surface area contributed by atoms with Crippen LogP contribution in [0.5, 0.6) is 0 Å². The lowest BCUT2D eigenvalue weighted by Crippen LogP contribution is -2.60. The third-order valence-corrected chi connectivity index (χ3v) is 4.31. The standard InChI is InChI=1S/C28H41ClN4O9/c1-25(2,3)39-21(35)31-30-20(19(34)17-13-15-18(29)16-14-17)32(22(36)40-26(4,5)6)33(23(37)41-27(7,8)9)24(38)42-28(10,11)12/h13-16H,1-12H3,(H,31,35)/b30-20+. The maximum atomic E-state index is 13.8. The molecule has 1 aromatic rings. The van der Waals surface area contributed by atoms with E-state index in [1.807, 2.05) is 5.43 Å². The van der Waals surface area contributed by atoms with Gasteiger partial charge in [-0.25, -0.2) is 24.6 Å². The molecule has 0 aromatic heterocycles. The Labute approximate surface area is 251 Å². The van der Waals surface area contributed by atoms with E-state index in [0.29, 0.717) is 5.02 Å². The minimum atomic E-state index is -1.41. The summed E-state index contributed by atoms with van der Waals surface area (Å²) in [5.74, 6) is -1.96. The number of benzene rings is 1. The van der Waals surface area contributed by atoms with Crippen LogP contribution in [0.3, 0.4) is 0 Å². The Bertz CT molecular complexity index is 1170. The number of hydrogen-bond acceptors (Lipinski definition) is 10. The van der Waals surface area contributed by atoms with Gasteiger partial charge in [-0.1, -0.05) is 11.6 Å². The van der Waals surface area contributed by atoms with Crippen LogP contribution in [0.4, 0.5) is 19.2 Å². The molecule has 1 N–H and O–H groups in total. The summed E-state index contributed by atoms with van der Waals surface area (Å²) >= 11 is 5.97. The Morgan fingerprint density at radius 3 is 1.33 bits per heavy atom. The summed E-state index contributed by atoms with van der Waals surface area (Å²) in [6, 6.07) is 5.41. The van der Waals surface area contributed by atoms with Gasteiger partial charge in [0.25, 0.3) is 0 Å². The maximum absolute atomic E-state index is 13.8. The first kappa shape index (κ1) is 36.2. The molecule has 1 aromatic carbocycles. The number of nitrogens with zero attached hydrogens (tertiary/aromatic N) is 3. The van der Waals surface area contributed by atoms with Crippen molar-refractivity contribution in [2.24, 2.45) is 5.10 Å². The largest absolute Gasteiger partial charge is 0.443 e. The molecule has 14 heteroatoms. The molecule has 0 saturated carbocycles. The minimum Gasteiger partial charge on any atom is -0.443 e. The third-order valence-electron chi connectivity index (χ3n) is 4.06. The van der Waals surface area contributed by atoms with Gasteiger partial charge >= 0.3 is 24.4 Å². The molecule has 234 valence electrons. The fourth-order valence-electron chi connectivity index (χ4n) is 2.74. The van der Waals surface area contributed by atoms with E-state index < -0.39 is 58.4 Å². The molecule has 42 heavy (non-hydrogen) atoms. The van der Waals surface area contributed by atoms with Crippen molar-refractivity contribution in [3.63, 3.8) is 0 Å². The smallest absolute Gasteiger partial charge is 0.440 e. The monoisotopic (exact) mass is 612 g/mol. The van der Waals surface area contributed by atoms with Crippen LogP contribution in [0.2, 0.25) is 5.02 Å². The van der Waals surface area contributed by atoms with Crippen molar-refractivity contribution in [2.75, 3.05) is 0 Å². The highest BCUT2D eigenvalue weighted by Gasteiger charge is 2.45. The Balaban J connectivity index is 4.01. The summed E-state index contributed by atoms with van der Waals surface area (Å²) < 4.78 is 21.4. The predicted octanol–water partition coefficient (Wildman–Crippen LogP) is 6.69. The molecule has 0 fully saturated rings. The van der Waals surface area contributed by atoms with Crippen LogP contribution in [-0.2, 0) is 18.9 Å². The van der Waals surface area contributed by atoms with E-state index in [9.17, 15) is 24.0 Å². The number of ether oxygens (including phenoxy) is 4. The number of carbonyl (C=O) groups excluding carboxylic acids is 5. The van der Waals surface area contributed by atoms with Crippen LogP contribution < -0.4 is 5.43 Å². The molecule has 4 amide bonds. The number of hydrazine groups is 1. The van der Waals surface area contributed by atoms with Crippen LogP contribution in [0, 0.1) is 0 Å². The average molecular weight is 613 g/mol. The Morgan fingerprint density at radius 1 is 0.619 bits per heavy atom. The van der Waals surface area contributed by atoms with E-state index in [0.717, 1.165) is 0 Å². The molecule has 0 aliphatic carbocycles. The Morgan fingerprint density at radius 2 is 0.976 bits per heavy atom. The summed E-state index contributed by atoms with van der Waals surface area (Å²) in [5.41, 5.74) is -2.52. The van der Waals surface area contributed by atoms with Gasteiger partial charge in [-0.05, 0) is 107 Å². The van der Waals surface area contributed by atoms with Gasteiger partial charge in [-0.3, -0.25) is 4.79 Å². The second-order valence-corrected chi connectivity index (χ2v) is 13.4. The van der Waals surface area contributed by atoms with Crippen molar-refractivity contribution < 1.29 is 42.9 Å². The van der Waals surface area contributed by atoms with Crippen molar-refractivity contribution in [3.05, 3.63) is 34.9 Å². The summed E-state index contributed by atoms with van der Waals surface area (Å²) in [6.45, 7) is 18.5. The number of hydrazone groups is 1. The number of carbonyl (C=O) groups is 5. The Hall–Kier alpha value is -3.87. The number of hydrogen-bond donors (Lipinski definition) is 1. The van der Waals surface area contributed by atoms with E-state index in [1.165, 1.54) is 86.6 Å². The zero-order chi connectivity index (χ0) is 32.8. The zero-order valence-electron chi connectivity index (χ0n) is 26.2. The van der Waals surface area contributed by atoms with Crippen LogP contribution in [-0.4, -0.2) is 68.4 Å². The van der Waals surface area contributed by atoms with Crippen LogP contribution >= 0.6 is 11.6 Å². The van der Waals surface area contributed by atoms with Gasteiger partial charge in [-0.2, -0.15) is 0 Å². The van der Waals surface area contributed by atoms with E-state index >= 15 is 0 Å². The fourth-order valence-corrected chi connectivity index (χ4v) is 2.87. The number of amidine groups is 1. The number of rotatable bonds is 3. The molecule has 0 aliphatic rings. The number of ketones is 1. The minimum absolute atomic E-state index is 0.0778. The van der Waals surface area contributed by atoms with Crippen molar-refractivity contribution >= 4 is 47.6 Å². The number of imide groups is 1. The SMILES string of the molecule is CC(C)(C)OC(=O)N/N=C(\C(=O)c1ccc(Cl)cc1)N(C(=O)OC(C)(C)C)N(C(=O)OC(C)(C)C)C(=O)OC(C)(C)C. The Kier molecular flexibility index (Phi) is 11.5. The van der Waals surface area contributed by atoms with Gasteiger partial charge in [0.1, 0.15) is 22.4 Å². The summed E-state index contributed by atoms with van der Waals surface area (Å²) in [4.78, 5) is 67.0. The second kappa shape index (κ2) is 13.4. The number of nitrogens with one attached hydrogen (secondary N) is 1. The van der Waals surface area contributed by atoms with Crippen molar-refractivity contribution in [3.8, 4) is 0 Å². The van der Waals surface area contributed by atoms with Crippen LogP contribution in [0.15, 0.2) is 29.4 Å². The molecule has 0 atom stereocenters. The first-order valence-electron chi connectivity index (χ1n) is 13.0. The number of Topliss-reactive ketones (excluding diaryl/α,β-unsaturated/α-hetero) is 1. The van der Waals surface area contributed by atoms with Gasteiger partial charge in [0.2, 0.25) is 11.6 Å². The fraction of sp³-hybridized carbons (Fsp3) is 0.571. The van der Waals surface area contributed by atoms with Gasteiger partial charge < -0.3 is 18.9 Å². The van der Waals surface area contributed by atoms with Gasteiger partial charge in [-0.15, -0.1) is 15.1 Å². The average Bonchev–Trinajstić information content (AvgIpc) is 2.73. The van der Waals surface area contributed by atoms with Gasteiger partial charge in [0.15, 0.2) is 0 Å². The van der Waals surface area contributed by atoms with E-state index in [-0.39, 0.29) is 15.6 Å². The summed E-state index contributed by atoms with van der Waals surface area (Å²) in [6.07, 6.45) is -5.31. The molecule has 13 nitrogen and oxygen atoms in total. The lowest BCUT2D eigenvalue weighted by molar-refractivity contribution is -0.0480. The molecule has 0 spiro atoms. The molecule has 0 radical (unpaired) electrons. The zero-order valence-corrected chi connectivity index (χ0v) is 27.0. The lowest BCUT2D eigenvalue weighted by atomic mass is 10.1. The normalized spacial score (nSPS) is 12.5. The molecule has 0 aliphatic heterocycles. The first-order valence-corrected chi connectivity index (χ1v) is 13.3. The molecular formula is C28H41ClN4O9. The third kappa shape index (κ3) is 12.8. The van der Waals surface area contributed by atoms with Crippen LogP contribution in [0.1, 0.15) is 93.4 Å². The van der Waals surface area contributed by atoms with E-state index in [2.05, 4.69) is 5.10 Å². The second-order valence-electron chi connectivity index (χ2n) is 12.9. The molecule has 0 bridgehead atoms. The lowest BCUT2D eigenvalue weighted by Gasteiger charge is -2.35. The maximum Gasteiger partial charge on any atom is 0.440 e. The quantitative estimate of drug-likeness (QED) is 0.129. The molecule has 0 saturated heterocycles. The number of amides is 4. The van der Waals surface area contributed by atoms with E-state index in [1.54, 1.807) is 20.8 Å². The van der Waals surface area contributed by atoms with Gasteiger partial charge in [0, 0.05) is 10.6 Å². The molecule has 0 heterocycles. The van der Waals surface area contributed by atoms with E-state index in [4.69, 9.17) is 30.5 Å².